The third kappa shape index (κ3) is 3.14. The van der Waals surface area contributed by atoms with Crippen molar-refractivity contribution in [3.63, 3.8) is 0 Å². The van der Waals surface area contributed by atoms with Crippen LogP contribution in [0.3, 0.4) is 0 Å². The van der Waals surface area contributed by atoms with Gasteiger partial charge in [0.05, 0.1) is 23.9 Å². The topological polar surface area (TPSA) is 45.4 Å². The van der Waals surface area contributed by atoms with Crippen LogP contribution in [0.2, 0.25) is 0 Å². The van der Waals surface area contributed by atoms with Crippen molar-refractivity contribution in [1.29, 1.82) is 0 Å². The van der Waals surface area contributed by atoms with Crippen LogP contribution in [-0.4, -0.2) is 17.8 Å². The van der Waals surface area contributed by atoms with Gasteiger partial charge in [-0.2, -0.15) is 0 Å². The second-order valence-electron chi connectivity index (χ2n) is 2.86. The zero-order valence-corrected chi connectivity index (χ0v) is 9.17. The van der Waals surface area contributed by atoms with E-state index in [0.717, 1.165) is 16.7 Å². The van der Waals surface area contributed by atoms with Crippen molar-refractivity contribution >= 4 is 15.9 Å². The number of aliphatic hydroxyl groups excluding tert-OH is 1. The first-order valence-electron chi connectivity index (χ1n) is 4.34. The summed E-state index contributed by atoms with van der Waals surface area (Å²) in [4.78, 5) is 0. The molecule has 3 nitrogen and oxygen atoms in total. The van der Waals surface area contributed by atoms with Crippen molar-refractivity contribution in [3.05, 3.63) is 22.6 Å². The first-order valence-corrected chi connectivity index (χ1v) is 5.13. The lowest BCUT2D eigenvalue weighted by molar-refractivity contribution is 0.235. The Morgan fingerprint density at radius 3 is 2.92 bits per heavy atom. The van der Waals surface area contributed by atoms with Crippen molar-refractivity contribution in [2.75, 3.05) is 6.61 Å². The third-order valence-corrected chi connectivity index (χ3v) is 2.66. The van der Waals surface area contributed by atoms with Gasteiger partial charge < -0.3 is 14.8 Å². The van der Waals surface area contributed by atoms with E-state index in [-0.39, 0.29) is 12.6 Å². The minimum Gasteiger partial charge on any atom is -0.467 e. The van der Waals surface area contributed by atoms with Gasteiger partial charge in [0, 0.05) is 6.04 Å². The van der Waals surface area contributed by atoms with Crippen LogP contribution in [0.5, 0.6) is 0 Å². The summed E-state index contributed by atoms with van der Waals surface area (Å²) in [6.07, 6.45) is 2.55. The fraction of sp³-hybridized carbons (Fsp3) is 0.556. The van der Waals surface area contributed by atoms with Crippen molar-refractivity contribution in [2.45, 2.75) is 25.9 Å². The van der Waals surface area contributed by atoms with Gasteiger partial charge in [0.15, 0.2) is 0 Å². The van der Waals surface area contributed by atoms with E-state index in [1.54, 1.807) is 6.26 Å². The van der Waals surface area contributed by atoms with E-state index in [4.69, 9.17) is 9.52 Å². The predicted molar refractivity (Wildman–Crippen MR) is 54.4 cm³/mol. The molecule has 0 spiro atoms. The van der Waals surface area contributed by atoms with E-state index < -0.39 is 0 Å². The Balaban J connectivity index is 2.38. The highest BCUT2D eigenvalue weighted by molar-refractivity contribution is 9.10. The molecule has 0 aromatic carbocycles. The molecule has 1 rings (SSSR count). The predicted octanol–water partition coefficient (Wildman–Crippen LogP) is 1.90. The second-order valence-corrected chi connectivity index (χ2v) is 3.71. The van der Waals surface area contributed by atoms with Crippen LogP contribution in [0.4, 0.5) is 0 Å². The summed E-state index contributed by atoms with van der Waals surface area (Å²) in [6.45, 7) is 2.84. The number of hydrogen-bond donors (Lipinski definition) is 2. The molecular weight excluding hydrogens is 234 g/mol. The first kappa shape index (κ1) is 10.8. The van der Waals surface area contributed by atoms with Gasteiger partial charge in [-0.25, -0.2) is 0 Å². The third-order valence-electron chi connectivity index (χ3n) is 1.96. The maximum atomic E-state index is 8.92. The Bertz CT molecular complexity index is 246. The lowest BCUT2D eigenvalue weighted by atomic mass is 10.2. The fourth-order valence-electron chi connectivity index (χ4n) is 1.03. The molecule has 0 saturated carbocycles. The fourth-order valence-corrected chi connectivity index (χ4v) is 1.37. The van der Waals surface area contributed by atoms with Gasteiger partial charge in [-0.15, -0.1) is 0 Å². The van der Waals surface area contributed by atoms with E-state index in [9.17, 15) is 0 Å². The maximum Gasteiger partial charge on any atom is 0.131 e. The summed E-state index contributed by atoms with van der Waals surface area (Å²) >= 11 is 3.36. The van der Waals surface area contributed by atoms with Gasteiger partial charge >= 0.3 is 0 Å². The standard InChI is InChI=1S/C9H14BrNO2/c1-2-7(6-12)11-5-9-8(10)3-4-13-9/h3-4,7,11-12H,2,5-6H2,1H3/t7-/m0/s1. The van der Waals surface area contributed by atoms with Crippen LogP contribution in [-0.2, 0) is 6.54 Å². The lowest BCUT2D eigenvalue weighted by Crippen LogP contribution is -2.31. The average Bonchev–Trinajstić information content (AvgIpc) is 2.54. The summed E-state index contributed by atoms with van der Waals surface area (Å²) in [6, 6.07) is 2.01. The minimum atomic E-state index is 0.150. The van der Waals surface area contributed by atoms with E-state index in [2.05, 4.69) is 21.2 Å². The highest BCUT2D eigenvalue weighted by atomic mass is 79.9. The molecule has 1 aromatic rings. The molecule has 2 N–H and O–H groups in total. The number of hydrogen-bond acceptors (Lipinski definition) is 3. The summed E-state index contributed by atoms with van der Waals surface area (Å²) in [5, 5.41) is 12.1. The van der Waals surface area contributed by atoms with Crippen molar-refractivity contribution in [2.24, 2.45) is 0 Å². The number of aliphatic hydroxyl groups is 1. The highest BCUT2D eigenvalue weighted by Gasteiger charge is 2.07. The molecule has 0 fully saturated rings. The molecule has 0 bridgehead atoms. The number of nitrogens with one attached hydrogen (secondary N) is 1. The van der Waals surface area contributed by atoms with Crippen molar-refractivity contribution in [1.82, 2.24) is 5.32 Å². The summed E-state index contributed by atoms with van der Waals surface area (Å²) < 4.78 is 6.18. The van der Waals surface area contributed by atoms with Gasteiger partial charge in [0.25, 0.3) is 0 Å². The zero-order valence-electron chi connectivity index (χ0n) is 7.59. The van der Waals surface area contributed by atoms with Gasteiger partial charge in [0.2, 0.25) is 0 Å². The monoisotopic (exact) mass is 247 g/mol. The first-order chi connectivity index (χ1) is 6.27. The van der Waals surface area contributed by atoms with Crippen LogP contribution < -0.4 is 5.32 Å². The lowest BCUT2D eigenvalue weighted by Gasteiger charge is -2.12. The van der Waals surface area contributed by atoms with E-state index in [1.807, 2.05) is 13.0 Å². The second kappa shape index (κ2) is 5.42. The molecule has 0 saturated heterocycles. The number of furan rings is 1. The van der Waals surface area contributed by atoms with Gasteiger partial charge in [-0.1, -0.05) is 6.92 Å². The molecule has 0 aliphatic heterocycles. The summed E-state index contributed by atoms with van der Waals surface area (Å²) in [7, 11) is 0. The molecule has 1 heterocycles. The maximum absolute atomic E-state index is 8.92. The number of rotatable bonds is 5. The highest BCUT2D eigenvalue weighted by Crippen LogP contribution is 2.17. The Morgan fingerprint density at radius 2 is 2.46 bits per heavy atom. The van der Waals surface area contributed by atoms with Gasteiger partial charge in [0.1, 0.15) is 5.76 Å². The molecule has 74 valence electrons. The van der Waals surface area contributed by atoms with Gasteiger partial charge in [-0.05, 0) is 28.4 Å². The molecule has 4 heteroatoms. The van der Waals surface area contributed by atoms with Crippen LogP contribution >= 0.6 is 15.9 Å². The molecule has 0 radical (unpaired) electrons. The zero-order chi connectivity index (χ0) is 9.68. The van der Waals surface area contributed by atoms with Crippen molar-refractivity contribution in [3.8, 4) is 0 Å². The summed E-state index contributed by atoms with van der Waals surface area (Å²) in [5.41, 5.74) is 0. The Kier molecular flexibility index (Phi) is 4.48. The summed E-state index contributed by atoms with van der Waals surface area (Å²) in [5.74, 6) is 0.868. The average molecular weight is 248 g/mol. The van der Waals surface area contributed by atoms with Crippen LogP contribution in [0.25, 0.3) is 0 Å². The van der Waals surface area contributed by atoms with E-state index >= 15 is 0 Å². The van der Waals surface area contributed by atoms with Crippen LogP contribution in [0, 0.1) is 0 Å². The number of halogens is 1. The molecule has 1 aromatic heterocycles. The Labute approximate surface area is 86.3 Å². The van der Waals surface area contributed by atoms with Crippen molar-refractivity contribution < 1.29 is 9.52 Å². The van der Waals surface area contributed by atoms with Gasteiger partial charge in [-0.3, -0.25) is 0 Å². The van der Waals surface area contributed by atoms with E-state index in [0.29, 0.717) is 6.54 Å². The molecule has 0 unspecified atom stereocenters. The minimum absolute atomic E-state index is 0.150. The molecule has 0 aliphatic rings. The molecule has 0 aliphatic carbocycles. The quantitative estimate of drug-likeness (QED) is 0.836. The Morgan fingerprint density at radius 1 is 1.69 bits per heavy atom. The molecule has 1 atom stereocenters. The van der Waals surface area contributed by atoms with Crippen LogP contribution in [0.1, 0.15) is 19.1 Å². The largest absolute Gasteiger partial charge is 0.467 e. The molecule has 0 amide bonds. The Hall–Kier alpha value is -0.320. The normalized spacial score (nSPS) is 13.2. The smallest absolute Gasteiger partial charge is 0.131 e. The molecule has 13 heavy (non-hydrogen) atoms. The van der Waals surface area contributed by atoms with E-state index in [1.165, 1.54) is 0 Å². The SMILES string of the molecule is CC[C@@H](CO)NCc1occc1Br. The molecular formula is C9H14BrNO2. The van der Waals surface area contributed by atoms with Crippen LogP contribution in [0.15, 0.2) is 21.2 Å².